The molecule has 6 heteroatoms. The number of guanidine groups is 1. The summed E-state index contributed by atoms with van der Waals surface area (Å²) in [6.45, 7) is 7.82. The summed E-state index contributed by atoms with van der Waals surface area (Å²) >= 11 is 0. The molecule has 0 unspecified atom stereocenters. The maximum Gasteiger partial charge on any atom is 0.224 e. The van der Waals surface area contributed by atoms with Crippen LogP contribution in [0.3, 0.4) is 0 Å². The van der Waals surface area contributed by atoms with Gasteiger partial charge in [-0.25, -0.2) is 0 Å². The smallest absolute Gasteiger partial charge is 0.224 e. The fraction of sp³-hybridized carbons (Fsp3) is 0.833. The van der Waals surface area contributed by atoms with E-state index in [-0.39, 0.29) is 29.9 Å². The lowest BCUT2D eigenvalue weighted by molar-refractivity contribution is -0.125. The summed E-state index contributed by atoms with van der Waals surface area (Å²) in [7, 11) is 0. The lowest BCUT2D eigenvalue weighted by Crippen LogP contribution is -2.40. The summed E-state index contributed by atoms with van der Waals surface area (Å²) in [5, 5.41) is 6.44. The van der Waals surface area contributed by atoms with Crippen molar-refractivity contribution in [1.82, 2.24) is 10.6 Å². The molecule has 1 fully saturated rings. The molecule has 0 spiro atoms. The maximum atomic E-state index is 11.2. The Bertz CT molecular complexity index is 300. The summed E-state index contributed by atoms with van der Waals surface area (Å²) in [6.07, 6.45) is 2.61. The van der Waals surface area contributed by atoms with Crippen molar-refractivity contribution in [2.24, 2.45) is 22.1 Å². The molecule has 4 N–H and O–H groups in total. The minimum absolute atomic E-state index is 0. The molecule has 1 aliphatic carbocycles. The average molecular weight is 368 g/mol. The van der Waals surface area contributed by atoms with Gasteiger partial charge in [-0.2, -0.15) is 0 Å². The summed E-state index contributed by atoms with van der Waals surface area (Å²) in [5.41, 5.74) is 4.72. The van der Waals surface area contributed by atoms with Crippen molar-refractivity contribution in [2.45, 2.75) is 33.6 Å². The highest BCUT2D eigenvalue weighted by molar-refractivity contribution is 14.0. The van der Waals surface area contributed by atoms with E-state index in [9.17, 15) is 4.79 Å². The fourth-order valence-corrected chi connectivity index (χ4v) is 1.26. The molecule has 0 radical (unpaired) electrons. The molecule has 0 atom stereocenters. The molecule has 0 aromatic heterocycles. The van der Waals surface area contributed by atoms with Crippen LogP contribution in [0.15, 0.2) is 4.99 Å². The van der Waals surface area contributed by atoms with Crippen LogP contribution in [0.25, 0.3) is 0 Å². The van der Waals surface area contributed by atoms with Crippen LogP contribution >= 0.6 is 24.0 Å². The Hall–Kier alpha value is -0.530. The molecule has 0 saturated heterocycles. The normalized spacial score (nSPS) is 15.8. The number of nitrogens with zero attached hydrogens (tertiary/aromatic N) is 1. The van der Waals surface area contributed by atoms with Gasteiger partial charge in [-0.3, -0.25) is 9.79 Å². The van der Waals surface area contributed by atoms with Crippen LogP contribution in [0.1, 0.15) is 33.6 Å². The number of carbonyl (C=O) groups excluding carboxylic acids is 1. The second-order valence-corrected chi connectivity index (χ2v) is 5.27. The van der Waals surface area contributed by atoms with Crippen molar-refractivity contribution >= 4 is 35.8 Å². The molecule has 1 rings (SSSR count). The van der Waals surface area contributed by atoms with Crippen LogP contribution in [-0.2, 0) is 4.79 Å². The first-order chi connectivity index (χ1) is 7.95. The van der Waals surface area contributed by atoms with Crippen LogP contribution in [0.2, 0.25) is 0 Å². The Morgan fingerprint density at radius 1 is 1.39 bits per heavy atom. The highest BCUT2D eigenvalue weighted by atomic mass is 127. The van der Waals surface area contributed by atoms with Gasteiger partial charge in [-0.05, 0) is 39.5 Å². The van der Waals surface area contributed by atoms with Crippen LogP contribution in [0, 0.1) is 11.3 Å². The predicted molar refractivity (Wildman–Crippen MR) is 85.1 cm³/mol. The number of nitrogens with two attached hydrogens (primary N) is 1. The molecule has 106 valence electrons. The Morgan fingerprint density at radius 3 is 2.44 bits per heavy atom. The SMILES string of the molecule is CCNC(=NCC(C)(C)C(N)=O)NCC1CC1.I. The van der Waals surface area contributed by atoms with Crippen molar-refractivity contribution in [3.63, 3.8) is 0 Å². The molecule has 0 bridgehead atoms. The number of halogens is 1. The third kappa shape index (κ3) is 6.42. The number of primary amides is 1. The van der Waals surface area contributed by atoms with Crippen molar-refractivity contribution in [3.8, 4) is 0 Å². The Morgan fingerprint density at radius 2 is 2.00 bits per heavy atom. The van der Waals surface area contributed by atoms with Crippen molar-refractivity contribution in [1.29, 1.82) is 0 Å². The van der Waals surface area contributed by atoms with E-state index in [2.05, 4.69) is 15.6 Å². The highest BCUT2D eigenvalue weighted by Gasteiger charge is 2.25. The zero-order chi connectivity index (χ0) is 12.9. The second kappa shape index (κ2) is 7.81. The van der Waals surface area contributed by atoms with Gasteiger partial charge in [0.2, 0.25) is 5.91 Å². The first kappa shape index (κ1) is 17.5. The van der Waals surface area contributed by atoms with Crippen LogP contribution in [0.4, 0.5) is 0 Å². The van der Waals surface area contributed by atoms with E-state index in [4.69, 9.17) is 5.73 Å². The minimum Gasteiger partial charge on any atom is -0.369 e. The fourth-order valence-electron chi connectivity index (χ4n) is 1.26. The van der Waals surface area contributed by atoms with Gasteiger partial charge in [-0.1, -0.05) is 0 Å². The van der Waals surface area contributed by atoms with E-state index in [1.807, 2.05) is 20.8 Å². The van der Waals surface area contributed by atoms with Gasteiger partial charge in [0.15, 0.2) is 5.96 Å². The van der Waals surface area contributed by atoms with E-state index in [1.165, 1.54) is 12.8 Å². The van der Waals surface area contributed by atoms with Gasteiger partial charge < -0.3 is 16.4 Å². The number of aliphatic imine (C=N–C) groups is 1. The second-order valence-electron chi connectivity index (χ2n) is 5.27. The summed E-state index contributed by atoms with van der Waals surface area (Å²) in [4.78, 5) is 15.6. The summed E-state index contributed by atoms with van der Waals surface area (Å²) in [5.74, 6) is 1.25. The standard InChI is InChI=1S/C12H24N4O.HI/c1-4-14-11(15-7-9-5-6-9)16-8-12(2,3)10(13)17;/h9H,4-8H2,1-3H3,(H2,13,17)(H2,14,15,16);1H. The number of rotatable bonds is 6. The van der Waals surface area contributed by atoms with E-state index in [0.29, 0.717) is 6.54 Å². The lowest BCUT2D eigenvalue weighted by Gasteiger charge is -2.19. The first-order valence-corrected chi connectivity index (χ1v) is 6.28. The molecule has 0 heterocycles. The van der Waals surface area contributed by atoms with Gasteiger partial charge >= 0.3 is 0 Å². The van der Waals surface area contributed by atoms with Gasteiger partial charge in [0.25, 0.3) is 0 Å². The van der Waals surface area contributed by atoms with E-state index in [0.717, 1.165) is 25.0 Å². The third-order valence-corrected chi connectivity index (χ3v) is 2.90. The molecule has 1 aliphatic rings. The zero-order valence-electron chi connectivity index (χ0n) is 11.5. The number of nitrogens with one attached hydrogen (secondary N) is 2. The summed E-state index contributed by atoms with van der Waals surface area (Å²) in [6, 6.07) is 0. The topological polar surface area (TPSA) is 79.5 Å². The van der Waals surface area contributed by atoms with Crippen LogP contribution in [0.5, 0.6) is 0 Å². The Balaban J connectivity index is 0.00000289. The molecule has 0 aromatic carbocycles. The Kier molecular flexibility index (Phi) is 7.58. The largest absolute Gasteiger partial charge is 0.369 e. The molecule has 1 amide bonds. The lowest BCUT2D eigenvalue weighted by atomic mass is 9.93. The zero-order valence-corrected chi connectivity index (χ0v) is 13.8. The number of amides is 1. The van der Waals surface area contributed by atoms with Gasteiger partial charge in [0, 0.05) is 13.1 Å². The molecule has 18 heavy (non-hydrogen) atoms. The summed E-state index contributed by atoms with van der Waals surface area (Å²) < 4.78 is 0. The molecule has 0 aromatic rings. The van der Waals surface area contributed by atoms with E-state index in [1.54, 1.807) is 0 Å². The quantitative estimate of drug-likeness (QED) is 0.373. The van der Waals surface area contributed by atoms with Gasteiger partial charge in [0.1, 0.15) is 0 Å². The predicted octanol–water partition coefficient (Wildman–Crippen LogP) is 1.08. The van der Waals surface area contributed by atoms with Gasteiger partial charge in [-0.15, -0.1) is 24.0 Å². The van der Waals surface area contributed by atoms with Crippen molar-refractivity contribution < 1.29 is 4.79 Å². The first-order valence-electron chi connectivity index (χ1n) is 6.28. The molecule has 1 saturated carbocycles. The number of carbonyl (C=O) groups is 1. The average Bonchev–Trinajstić information content (AvgIpc) is 3.06. The van der Waals surface area contributed by atoms with Crippen LogP contribution in [-0.4, -0.2) is 31.5 Å². The van der Waals surface area contributed by atoms with E-state index < -0.39 is 5.41 Å². The Labute approximate surface area is 126 Å². The highest BCUT2D eigenvalue weighted by Crippen LogP contribution is 2.27. The maximum absolute atomic E-state index is 11.2. The van der Waals surface area contributed by atoms with Crippen molar-refractivity contribution in [3.05, 3.63) is 0 Å². The molecule has 0 aliphatic heterocycles. The van der Waals surface area contributed by atoms with Crippen LogP contribution < -0.4 is 16.4 Å². The van der Waals surface area contributed by atoms with Crippen molar-refractivity contribution in [2.75, 3.05) is 19.6 Å². The third-order valence-electron chi connectivity index (χ3n) is 2.90. The van der Waals surface area contributed by atoms with Gasteiger partial charge in [0.05, 0.1) is 12.0 Å². The number of hydrogen-bond acceptors (Lipinski definition) is 2. The number of hydrogen-bond donors (Lipinski definition) is 3. The monoisotopic (exact) mass is 368 g/mol. The molecular weight excluding hydrogens is 343 g/mol. The molecule has 5 nitrogen and oxygen atoms in total. The minimum atomic E-state index is -0.595. The van der Waals surface area contributed by atoms with E-state index >= 15 is 0 Å². The molecular formula is C12H25IN4O.